The van der Waals surface area contributed by atoms with Gasteiger partial charge in [-0.15, -0.1) is 0 Å². The van der Waals surface area contributed by atoms with Crippen LogP contribution in [0.25, 0.3) is 0 Å². The van der Waals surface area contributed by atoms with Crippen LogP contribution in [-0.2, 0) is 16.0 Å². The maximum absolute atomic E-state index is 5.43. The van der Waals surface area contributed by atoms with E-state index in [4.69, 9.17) is 18.9 Å². The fraction of sp³-hybridized carbons (Fsp3) is 0.588. The highest BCUT2D eigenvalue weighted by molar-refractivity contribution is 5.79. The molecule has 0 saturated heterocycles. The van der Waals surface area contributed by atoms with Gasteiger partial charge in [0.1, 0.15) is 0 Å². The van der Waals surface area contributed by atoms with E-state index in [-0.39, 0.29) is 0 Å². The molecular formula is C17H27N3O4. The predicted molar refractivity (Wildman–Crippen MR) is 92.7 cm³/mol. The van der Waals surface area contributed by atoms with E-state index in [1.54, 1.807) is 14.2 Å². The Labute approximate surface area is 143 Å². The van der Waals surface area contributed by atoms with Crippen LogP contribution in [-0.4, -0.2) is 53.3 Å². The molecule has 0 aromatic heterocycles. The first-order chi connectivity index (χ1) is 11.8. The number of methoxy groups -OCH3 is 1. The minimum absolute atomic E-state index is 0.296. The van der Waals surface area contributed by atoms with E-state index in [9.17, 15) is 0 Å². The Kier molecular flexibility index (Phi) is 8.20. The third-order valence-electron chi connectivity index (χ3n) is 3.56. The van der Waals surface area contributed by atoms with Crippen molar-refractivity contribution in [1.82, 2.24) is 10.6 Å². The lowest BCUT2D eigenvalue weighted by molar-refractivity contribution is 0.0689. The Morgan fingerprint density at radius 3 is 2.83 bits per heavy atom. The van der Waals surface area contributed by atoms with E-state index in [1.165, 1.54) is 0 Å². The molecule has 0 aliphatic carbocycles. The Hall–Kier alpha value is -1.99. The van der Waals surface area contributed by atoms with Gasteiger partial charge in [-0.25, -0.2) is 0 Å². The molecular weight excluding hydrogens is 310 g/mol. The third-order valence-corrected chi connectivity index (χ3v) is 3.56. The summed E-state index contributed by atoms with van der Waals surface area (Å²) >= 11 is 0. The number of benzene rings is 1. The number of guanidine groups is 1. The lowest BCUT2D eigenvalue weighted by Crippen LogP contribution is -2.37. The van der Waals surface area contributed by atoms with Gasteiger partial charge in [-0.05, 0) is 30.5 Å². The largest absolute Gasteiger partial charge is 0.454 e. The number of ether oxygens (including phenoxy) is 4. The molecule has 2 rings (SSSR count). The molecule has 0 unspecified atom stereocenters. The molecule has 0 spiro atoms. The van der Waals surface area contributed by atoms with Crippen molar-refractivity contribution in [2.24, 2.45) is 4.99 Å². The molecule has 1 aliphatic heterocycles. The van der Waals surface area contributed by atoms with Crippen molar-refractivity contribution in [3.05, 3.63) is 23.8 Å². The summed E-state index contributed by atoms with van der Waals surface area (Å²) in [5.41, 5.74) is 1.12. The van der Waals surface area contributed by atoms with Crippen LogP contribution in [0.5, 0.6) is 11.5 Å². The van der Waals surface area contributed by atoms with Gasteiger partial charge in [0, 0.05) is 33.9 Å². The van der Waals surface area contributed by atoms with Crippen LogP contribution in [0.4, 0.5) is 0 Å². The molecule has 1 aromatic carbocycles. The second-order valence-corrected chi connectivity index (χ2v) is 5.35. The van der Waals surface area contributed by atoms with Gasteiger partial charge in [-0.1, -0.05) is 6.07 Å². The summed E-state index contributed by atoms with van der Waals surface area (Å²) in [6.45, 7) is 3.89. The highest BCUT2D eigenvalue weighted by atomic mass is 16.7. The number of unbranched alkanes of at least 4 members (excludes halogenated alkanes) is 1. The van der Waals surface area contributed by atoms with Crippen LogP contribution in [0, 0.1) is 0 Å². The average molecular weight is 337 g/mol. The van der Waals surface area contributed by atoms with Gasteiger partial charge in [-0.2, -0.15) is 0 Å². The number of nitrogens with zero attached hydrogens (tertiary/aromatic N) is 1. The molecule has 7 heteroatoms. The average Bonchev–Trinajstić information content (AvgIpc) is 3.07. The molecule has 0 radical (unpaired) electrons. The molecule has 0 atom stereocenters. The number of nitrogens with one attached hydrogen (secondary N) is 2. The van der Waals surface area contributed by atoms with E-state index in [0.29, 0.717) is 26.6 Å². The van der Waals surface area contributed by atoms with Crippen molar-refractivity contribution in [1.29, 1.82) is 0 Å². The molecule has 7 nitrogen and oxygen atoms in total. The summed E-state index contributed by atoms with van der Waals surface area (Å²) in [7, 11) is 3.44. The number of hydrogen-bond acceptors (Lipinski definition) is 5. The maximum Gasteiger partial charge on any atom is 0.231 e. The van der Waals surface area contributed by atoms with Crippen LogP contribution in [0.1, 0.15) is 18.4 Å². The van der Waals surface area contributed by atoms with Crippen LogP contribution in [0.15, 0.2) is 23.2 Å². The number of fused-ring (bicyclic) bond motifs is 1. The summed E-state index contributed by atoms with van der Waals surface area (Å²) in [6.07, 6.45) is 2.04. The van der Waals surface area contributed by atoms with Gasteiger partial charge in [0.05, 0.1) is 13.2 Å². The Morgan fingerprint density at radius 1 is 1.12 bits per heavy atom. The second kappa shape index (κ2) is 10.7. The maximum atomic E-state index is 5.43. The third kappa shape index (κ3) is 6.25. The van der Waals surface area contributed by atoms with E-state index >= 15 is 0 Å². The minimum Gasteiger partial charge on any atom is -0.454 e. The monoisotopic (exact) mass is 337 g/mol. The summed E-state index contributed by atoms with van der Waals surface area (Å²) in [6, 6.07) is 5.93. The zero-order valence-corrected chi connectivity index (χ0v) is 14.5. The molecule has 24 heavy (non-hydrogen) atoms. The second-order valence-electron chi connectivity index (χ2n) is 5.35. The molecule has 0 bridgehead atoms. The fourth-order valence-electron chi connectivity index (χ4n) is 2.24. The number of rotatable bonds is 10. The molecule has 0 saturated carbocycles. The Morgan fingerprint density at radius 2 is 2.00 bits per heavy atom. The van der Waals surface area contributed by atoms with Crippen molar-refractivity contribution in [2.75, 3.05) is 47.3 Å². The van der Waals surface area contributed by atoms with Gasteiger partial charge in [0.2, 0.25) is 6.79 Å². The van der Waals surface area contributed by atoms with E-state index in [2.05, 4.69) is 15.6 Å². The zero-order valence-electron chi connectivity index (χ0n) is 14.5. The van der Waals surface area contributed by atoms with Gasteiger partial charge >= 0.3 is 0 Å². The molecule has 1 aromatic rings. The van der Waals surface area contributed by atoms with Crippen molar-refractivity contribution >= 4 is 5.96 Å². The van der Waals surface area contributed by atoms with Gasteiger partial charge < -0.3 is 29.6 Å². The van der Waals surface area contributed by atoms with Crippen LogP contribution < -0.4 is 20.1 Å². The normalized spacial score (nSPS) is 13.2. The lowest BCUT2D eigenvalue weighted by Gasteiger charge is -2.12. The van der Waals surface area contributed by atoms with Crippen LogP contribution in [0.3, 0.4) is 0 Å². The van der Waals surface area contributed by atoms with Crippen molar-refractivity contribution < 1.29 is 18.9 Å². The highest BCUT2D eigenvalue weighted by Gasteiger charge is 2.13. The Bertz CT molecular complexity index is 523. The van der Waals surface area contributed by atoms with Crippen molar-refractivity contribution in [2.45, 2.75) is 19.4 Å². The smallest absolute Gasteiger partial charge is 0.231 e. The Balaban J connectivity index is 1.59. The standard InChI is InChI=1S/C17H27N3O4/c1-18-17(19-7-3-4-8-22-10-9-21-2)20-12-14-5-6-15-16(11-14)24-13-23-15/h5-6,11H,3-4,7-10,12-13H2,1-2H3,(H2,18,19,20). The minimum atomic E-state index is 0.296. The van der Waals surface area contributed by atoms with Gasteiger partial charge in [0.25, 0.3) is 0 Å². The zero-order chi connectivity index (χ0) is 17.0. The summed E-state index contributed by atoms with van der Waals surface area (Å²) in [5.74, 6) is 2.38. The van der Waals surface area contributed by atoms with E-state index in [1.807, 2.05) is 18.2 Å². The quantitative estimate of drug-likeness (QED) is 0.383. The highest BCUT2D eigenvalue weighted by Crippen LogP contribution is 2.32. The fourth-order valence-corrected chi connectivity index (χ4v) is 2.24. The molecule has 0 fully saturated rings. The lowest BCUT2D eigenvalue weighted by atomic mass is 10.2. The first-order valence-electron chi connectivity index (χ1n) is 8.23. The first-order valence-corrected chi connectivity index (χ1v) is 8.23. The van der Waals surface area contributed by atoms with Crippen molar-refractivity contribution in [3.8, 4) is 11.5 Å². The van der Waals surface area contributed by atoms with Crippen LogP contribution in [0.2, 0.25) is 0 Å². The van der Waals surface area contributed by atoms with Gasteiger partial charge in [0.15, 0.2) is 17.5 Å². The molecule has 0 amide bonds. The summed E-state index contributed by atoms with van der Waals surface area (Å²) in [4.78, 5) is 4.22. The topological polar surface area (TPSA) is 73.3 Å². The van der Waals surface area contributed by atoms with Crippen molar-refractivity contribution in [3.63, 3.8) is 0 Å². The summed E-state index contributed by atoms with van der Waals surface area (Å²) in [5, 5.41) is 6.59. The number of aliphatic imine (C=N–C) groups is 1. The number of hydrogen-bond donors (Lipinski definition) is 2. The molecule has 1 aliphatic rings. The van der Waals surface area contributed by atoms with Crippen LogP contribution >= 0.6 is 0 Å². The SMILES string of the molecule is CN=C(NCCCCOCCOC)NCc1ccc2c(c1)OCO2. The molecule has 134 valence electrons. The molecule has 2 N–H and O–H groups in total. The van der Waals surface area contributed by atoms with E-state index in [0.717, 1.165) is 49.0 Å². The summed E-state index contributed by atoms with van der Waals surface area (Å²) < 4.78 is 21.1. The first kappa shape index (κ1) is 18.4. The predicted octanol–water partition coefficient (Wildman–Crippen LogP) is 1.52. The molecule has 1 heterocycles. The van der Waals surface area contributed by atoms with E-state index < -0.39 is 0 Å². The van der Waals surface area contributed by atoms with Gasteiger partial charge in [-0.3, -0.25) is 4.99 Å².